The van der Waals surface area contributed by atoms with Crippen molar-refractivity contribution in [3.8, 4) is 0 Å². The number of anilines is 2. The van der Waals surface area contributed by atoms with E-state index in [1.165, 1.54) is 0 Å². The molecular weight excluding hydrogens is 248 g/mol. The van der Waals surface area contributed by atoms with Gasteiger partial charge in [-0.3, -0.25) is 0 Å². The summed E-state index contributed by atoms with van der Waals surface area (Å²) in [5.74, 6) is 0. The van der Waals surface area contributed by atoms with E-state index >= 15 is 0 Å². The van der Waals surface area contributed by atoms with Gasteiger partial charge in [0.15, 0.2) is 0 Å². The zero-order valence-electron chi connectivity index (χ0n) is 11.2. The van der Waals surface area contributed by atoms with Crippen LogP contribution in [0.3, 0.4) is 0 Å². The molecule has 1 aromatic rings. The fourth-order valence-corrected chi connectivity index (χ4v) is 2.47. The molecule has 1 aliphatic rings. The number of hydrogen-bond acceptors (Lipinski definition) is 3. The largest absolute Gasteiger partial charge is 0.381 e. The number of benzene rings is 1. The van der Waals surface area contributed by atoms with Gasteiger partial charge in [0.1, 0.15) is 0 Å². The Kier molecular flexibility index (Phi) is 4.36. The average Bonchev–Trinajstić information content (AvgIpc) is 2.72. The van der Waals surface area contributed by atoms with Crippen LogP contribution in [0, 0.1) is 0 Å². The lowest BCUT2D eigenvalue weighted by Gasteiger charge is -2.20. The highest BCUT2D eigenvalue weighted by Crippen LogP contribution is 2.28. The van der Waals surface area contributed by atoms with E-state index in [0.717, 1.165) is 35.8 Å². The zero-order valence-corrected chi connectivity index (χ0v) is 12.0. The van der Waals surface area contributed by atoms with Gasteiger partial charge < -0.3 is 15.0 Å². The van der Waals surface area contributed by atoms with Gasteiger partial charge in [0.05, 0.1) is 23.6 Å². The number of rotatable bonds is 4. The SMILES string of the molecule is CC1CCC(CNc2cc(Cl)ccc2N(C)C)O1. The normalized spacial score (nSPS) is 23.1. The molecule has 4 heteroatoms. The van der Waals surface area contributed by atoms with E-state index in [0.29, 0.717) is 12.2 Å². The summed E-state index contributed by atoms with van der Waals surface area (Å²) in [5, 5.41) is 4.20. The molecule has 0 aromatic heterocycles. The van der Waals surface area contributed by atoms with E-state index in [1.807, 2.05) is 32.3 Å². The average molecular weight is 269 g/mol. The van der Waals surface area contributed by atoms with Crippen LogP contribution in [0.1, 0.15) is 19.8 Å². The molecule has 1 saturated heterocycles. The quantitative estimate of drug-likeness (QED) is 0.906. The van der Waals surface area contributed by atoms with Crippen molar-refractivity contribution in [2.75, 3.05) is 30.9 Å². The summed E-state index contributed by atoms with van der Waals surface area (Å²) in [6.45, 7) is 2.97. The second kappa shape index (κ2) is 5.81. The minimum atomic E-state index is 0.314. The van der Waals surface area contributed by atoms with E-state index < -0.39 is 0 Å². The maximum absolute atomic E-state index is 6.05. The maximum Gasteiger partial charge on any atom is 0.0751 e. The standard InChI is InChI=1S/C14H21ClN2O/c1-10-4-6-12(18-10)9-16-13-8-11(15)5-7-14(13)17(2)3/h5,7-8,10,12,16H,4,6,9H2,1-3H3. The predicted octanol–water partition coefficient (Wildman–Crippen LogP) is 3.39. The van der Waals surface area contributed by atoms with Gasteiger partial charge in [0.25, 0.3) is 0 Å². The van der Waals surface area contributed by atoms with Crippen molar-refractivity contribution >= 4 is 23.0 Å². The lowest BCUT2D eigenvalue weighted by Crippen LogP contribution is -2.21. The summed E-state index contributed by atoms with van der Waals surface area (Å²) in [4.78, 5) is 2.08. The van der Waals surface area contributed by atoms with E-state index in [2.05, 4.69) is 17.1 Å². The van der Waals surface area contributed by atoms with E-state index in [4.69, 9.17) is 16.3 Å². The van der Waals surface area contributed by atoms with Crippen LogP contribution < -0.4 is 10.2 Å². The van der Waals surface area contributed by atoms with Crippen molar-refractivity contribution in [3.05, 3.63) is 23.2 Å². The molecule has 0 saturated carbocycles. The van der Waals surface area contributed by atoms with Crippen LogP contribution in [0.4, 0.5) is 11.4 Å². The summed E-state index contributed by atoms with van der Waals surface area (Å²) in [5.41, 5.74) is 2.21. The van der Waals surface area contributed by atoms with Crippen molar-refractivity contribution in [2.24, 2.45) is 0 Å². The minimum absolute atomic E-state index is 0.314. The molecular formula is C14H21ClN2O. The molecule has 100 valence electrons. The van der Waals surface area contributed by atoms with Crippen LogP contribution in [-0.4, -0.2) is 32.8 Å². The maximum atomic E-state index is 6.05. The second-order valence-corrected chi connectivity index (χ2v) is 5.52. The molecule has 0 bridgehead atoms. The first-order valence-corrected chi connectivity index (χ1v) is 6.80. The van der Waals surface area contributed by atoms with Gasteiger partial charge in [-0.2, -0.15) is 0 Å². The van der Waals surface area contributed by atoms with Crippen molar-refractivity contribution in [2.45, 2.75) is 32.0 Å². The lowest BCUT2D eigenvalue weighted by molar-refractivity contribution is 0.0637. The molecule has 18 heavy (non-hydrogen) atoms. The molecule has 0 aliphatic carbocycles. The van der Waals surface area contributed by atoms with Gasteiger partial charge in [0.2, 0.25) is 0 Å². The van der Waals surface area contributed by atoms with Gasteiger partial charge in [-0.15, -0.1) is 0 Å². The number of hydrogen-bond donors (Lipinski definition) is 1. The third-order valence-corrected chi connectivity index (χ3v) is 3.52. The summed E-state index contributed by atoms with van der Waals surface area (Å²) in [7, 11) is 4.06. The Morgan fingerprint density at radius 2 is 2.17 bits per heavy atom. The van der Waals surface area contributed by atoms with Gasteiger partial charge >= 0.3 is 0 Å². The smallest absolute Gasteiger partial charge is 0.0751 e. The Bertz CT molecular complexity index is 409. The molecule has 2 unspecified atom stereocenters. The molecule has 1 N–H and O–H groups in total. The number of ether oxygens (including phenoxy) is 1. The third kappa shape index (κ3) is 3.30. The van der Waals surface area contributed by atoms with Gasteiger partial charge in [0, 0.05) is 25.7 Å². The van der Waals surface area contributed by atoms with Crippen LogP contribution in [0.2, 0.25) is 5.02 Å². The molecule has 1 aliphatic heterocycles. The summed E-state index contributed by atoms with van der Waals surface area (Å²) < 4.78 is 5.80. The Hall–Kier alpha value is -0.930. The Balaban J connectivity index is 2.01. The number of nitrogens with zero attached hydrogens (tertiary/aromatic N) is 1. The number of halogens is 1. The van der Waals surface area contributed by atoms with Gasteiger partial charge in [-0.25, -0.2) is 0 Å². The first kappa shape index (κ1) is 13.5. The van der Waals surface area contributed by atoms with Crippen LogP contribution in [-0.2, 0) is 4.74 Å². The van der Waals surface area contributed by atoms with Gasteiger partial charge in [-0.1, -0.05) is 11.6 Å². The van der Waals surface area contributed by atoms with Crippen LogP contribution in [0.15, 0.2) is 18.2 Å². The van der Waals surface area contributed by atoms with Crippen LogP contribution in [0.25, 0.3) is 0 Å². The van der Waals surface area contributed by atoms with E-state index in [9.17, 15) is 0 Å². The molecule has 1 heterocycles. The van der Waals surface area contributed by atoms with E-state index in [1.54, 1.807) is 0 Å². The van der Waals surface area contributed by atoms with Crippen molar-refractivity contribution in [1.29, 1.82) is 0 Å². The molecule has 0 spiro atoms. The van der Waals surface area contributed by atoms with E-state index in [-0.39, 0.29) is 0 Å². The van der Waals surface area contributed by atoms with Gasteiger partial charge in [-0.05, 0) is 38.0 Å². The fraction of sp³-hybridized carbons (Fsp3) is 0.571. The summed E-state index contributed by atoms with van der Waals surface area (Å²) in [6.07, 6.45) is 2.99. The van der Waals surface area contributed by atoms with Crippen molar-refractivity contribution < 1.29 is 4.74 Å². The molecule has 2 atom stereocenters. The monoisotopic (exact) mass is 268 g/mol. The highest BCUT2D eigenvalue weighted by molar-refractivity contribution is 6.31. The zero-order chi connectivity index (χ0) is 13.1. The lowest BCUT2D eigenvalue weighted by atomic mass is 10.2. The van der Waals surface area contributed by atoms with Crippen molar-refractivity contribution in [3.63, 3.8) is 0 Å². The number of nitrogens with one attached hydrogen (secondary N) is 1. The van der Waals surface area contributed by atoms with Crippen molar-refractivity contribution in [1.82, 2.24) is 0 Å². The topological polar surface area (TPSA) is 24.5 Å². The molecule has 2 rings (SSSR count). The highest BCUT2D eigenvalue weighted by atomic mass is 35.5. The first-order valence-electron chi connectivity index (χ1n) is 6.42. The highest BCUT2D eigenvalue weighted by Gasteiger charge is 2.21. The predicted molar refractivity (Wildman–Crippen MR) is 77.8 cm³/mol. The third-order valence-electron chi connectivity index (χ3n) is 3.28. The Morgan fingerprint density at radius 1 is 1.39 bits per heavy atom. The molecule has 0 amide bonds. The van der Waals surface area contributed by atoms with Crippen LogP contribution >= 0.6 is 11.6 Å². The fourth-order valence-electron chi connectivity index (χ4n) is 2.30. The molecule has 3 nitrogen and oxygen atoms in total. The first-order chi connectivity index (χ1) is 8.56. The summed E-state index contributed by atoms with van der Waals surface area (Å²) in [6, 6.07) is 5.91. The summed E-state index contributed by atoms with van der Waals surface area (Å²) >= 11 is 6.05. The Morgan fingerprint density at radius 3 is 2.78 bits per heavy atom. The van der Waals surface area contributed by atoms with Crippen LogP contribution in [0.5, 0.6) is 0 Å². The second-order valence-electron chi connectivity index (χ2n) is 5.08. The molecule has 1 aromatic carbocycles. The molecule has 0 radical (unpaired) electrons. The Labute approximate surface area is 114 Å². The minimum Gasteiger partial charge on any atom is -0.381 e. The molecule has 1 fully saturated rings.